The van der Waals surface area contributed by atoms with Crippen molar-refractivity contribution in [3.05, 3.63) is 67.3 Å². The van der Waals surface area contributed by atoms with Gasteiger partial charge in [-0.2, -0.15) is 0 Å². The molecule has 0 spiro atoms. The Morgan fingerprint density at radius 3 is 2.44 bits per heavy atom. The maximum atomic E-state index is 12.0. The number of nitrogens with one attached hydrogen (secondary N) is 2. The highest BCUT2D eigenvalue weighted by Crippen LogP contribution is 2.29. The molecule has 2 amide bonds. The number of ether oxygens (including phenoxy) is 1. The van der Waals surface area contributed by atoms with E-state index in [1.54, 1.807) is 31.4 Å². The Labute approximate surface area is 163 Å². The maximum absolute atomic E-state index is 12.0. The number of aryl methyl sites for hydroxylation is 1. The largest absolute Gasteiger partial charge is 0.497 e. The molecule has 0 bridgehead atoms. The minimum atomic E-state index is -0.198. The Bertz CT molecular complexity index is 833. The van der Waals surface area contributed by atoms with Gasteiger partial charge in [0.1, 0.15) is 5.75 Å². The minimum Gasteiger partial charge on any atom is -0.497 e. The summed E-state index contributed by atoms with van der Waals surface area (Å²) >= 11 is 1.66. The van der Waals surface area contributed by atoms with Gasteiger partial charge in [-0.15, -0.1) is 0 Å². The molecule has 0 atom stereocenters. The van der Waals surface area contributed by atoms with Crippen molar-refractivity contribution < 1.29 is 9.53 Å². The second-order valence-electron chi connectivity index (χ2n) is 5.84. The molecule has 0 saturated carbocycles. The Kier molecular flexibility index (Phi) is 6.76. The molecule has 27 heavy (non-hydrogen) atoms. The first-order valence-electron chi connectivity index (χ1n) is 8.65. The third kappa shape index (κ3) is 6.07. The zero-order chi connectivity index (χ0) is 18.9. The number of hydrogen-bond donors (Lipinski definition) is 2. The summed E-state index contributed by atoms with van der Waals surface area (Å²) in [6.45, 7) is 1.44. The van der Waals surface area contributed by atoms with Crippen LogP contribution in [0.3, 0.4) is 0 Å². The lowest BCUT2D eigenvalue weighted by molar-refractivity contribution is 0.252. The number of aromatic nitrogens is 2. The molecule has 140 valence electrons. The number of imidazole rings is 1. The van der Waals surface area contributed by atoms with Gasteiger partial charge in [-0.1, -0.05) is 11.8 Å². The van der Waals surface area contributed by atoms with Gasteiger partial charge in [-0.3, -0.25) is 0 Å². The van der Waals surface area contributed by atoms with Crippen molar-refractivity contribution in [1.29, 1.82) is 0 Å². The standard InChI is InChI=1S/C20H22N4O2S/c1-26-17-5-9-19(10-6-17)27-18-7-3-16(4-8-18)23-20(25)22-11-2-13-24-14-12-21-15-24/h3-10,12,14-15H,2,11,13H2,1H3,(H2,22,23,25). The van der Waals surface area contributed by atoms with Crippen LogP contribution in [0.5, 0.6) is 5.75 Å². The molecule has 1 heterocycles. The Balaban J connectivity index is 1.41. The Morgan fingerprint density at radius 1 is 1.11 bits per heavy atom. The van der Waals surface area contributed by atoms with E-state index in [9.17, 15) is 4.79 Å². The van der Waals surface area contributed by atoms with Crippen molar-refractivity contribution in [2.24, 2.45) is 0 Å². The molecule has 1 aromatic heterocycles. The molecule has 0 aliphatic rings. The van der Waals surface area contributed by atoms with E-state index in [4.69, 9.17) is 4.74 Å². The van der Waals surface area contributed by atoms with E-state index >= 15 is 0 Å². The SMILES string of the molecule is COc1ccc(Sc2ccc(NC(=O)NCCCn3ccnc3)cc2)cc1. The smallest absolute Gasteiger partial charge is 0.319 e. The molecule has 0 aliphatic heterocycles. The lowest BCUT2D eigenvalue weighted by atomic mass is 10.3. The number of benzene rings is 2. The number of carbonyl (C=O) groups is 1. The van der Waals surface area contributed by atoms with Crippen LogP contribution < -0.4 is 15.4 Å². The van der Waals surface area contributed by atoms with Crippen LogP contribution in [-0.2, 0) is 6.54 Å². The molecule has 0 aliphatic carbocycles. The molecule has 3 rings (SSSR count). The molecule has 0 saturated heterocycles. The Morgan fingerprint density at radius 2 is 1.81 bits per heavy atom. The van der Waals surface area contributed by atoms with Gasteiger partial charge in [0.25, 0.3) is 0 Å². The topological polar surface area (TPSA) is 68.2 Å². The fraction of sp³-hybridized carbons (Fsp3) is 0.200. The lowest BCUT2D eigenvalue weighted by Gasteiger charge is -2.09. The summed E-state index contributed by atoms with van der Waals surface area (Å²) in [4.78, 5) is 18.2. The van der Waals surface area contributed by atoms with Gasteiger partial charge in [0.15, 0.2) is 0 Å². The van der Waals surface area contributed by atoms with Crippen molar-refractivity contribution in [2.45, 2.75) is 22.8 Å². The fourth-order valence-electron chi connectivity index (χ4n) is 2.44. The maximum Gasteiger partial charge on any atom is 0.319 e. The van der Waals surface area contributed by atoms with E-state index in [0.29, 0.717) is 6.54 Å². The van der Waals surface area contributed by atoms with Gasteiger partial charge >= 0.3 is 6.03 Å². The molecule has 0 fully saturated rings. The zero-order valence-corrected chi connectivity index (χ0v) is 15.9. The molecular formula is C20H22N4O2S. The quantitative estimate of drug-likeness (QED) is 0.572. The van der Waals surface area contributed by atoms with E-state index in [1.807, 2.05) is 59.3 Å². The molecule has 2 N–H and O–H groups in total. The molecule has 3 aromatic rings. The summed E-state index contributed by atoms with van der Waals surface area (Å²) in [5.41, 5.74) is 0.765. The summed E-state index contributed by atoms with van der Waals surface area (Å²) < 4.78 is 7.15. The van der Waals surface area contributed by atoms with Crippen LogP contribution in [0.4, 0.5) is 10.5 Å². The number of rotatable bonds is 8. The average molecular weight is 382 g/mol. The molecule has 0 radical (unpaired) electrons. The van der Waals surface area contributed by atoms with Crippen molar-refractivity contribution in [3.8, 4) is 5.75 Å². The van der Waals surface area contributed by atoms with E-state index in [1.165, 1.54) is 0 Å². The van der Waals surface area contributed by atoms with Gasteiger partial charge < -0.3 is 19.9 Å². The van der Waals surface area contributed by atoms with E-state index in [-0.39, 0.29) is 6.03 Å². The van der Waals surface area contributed by atoms with Crippen molar-refractivity contribution in [1.82, 2.24) is 14.9 Å². The van der Waals surface area contributed by atoms with Crippen LogP contribution >= 0.6 is 11.8 Å². The van der Waals surface area contributed by atoms with Crippen LogP contribution in [0.2, 0.25) is 0 Å². The van der Waals surface area contributed by atoms with Gasteiger partial charge in [0.2, 0.25) is 0 Å². The van der Waals surface area contributed by atoms with Gasteiger partial charge in [0, 0.05) is 41.0 Å². The third-order valence-corrected chi connectivity index (χ3v) is 4.86. The summed E-state index contributed by atoms with van der Waals surface area (Å²) in [7, 11) is 1.66. The first-order valence-corrected chi connectivity index (χ1v) is 9.47. The fourth-order valence-corrected chi connectivity index (χ4v) is 3.26. The highest BCUT2D eigenvalue weighted by Gasteiger charge is 2.03. The highest BCUT2D eigenvalue weighted by atomic mass is 32.2. The lowest BCUT2D eigenvalue weighted by Crippen LogP contribution is -2.29. The first-order chi connectivity index (χ1) is 13.2. The third-order valence-electron chi connectivity index (χ3n) is 3.85. The summed E-state index contributed by atoms with van der Waals surface area (Å²) in [5, 5.41) is 5.70. The van der Waals surface area contributed by atoms with Crippen molar-refractivity contribution in [3.63, 3.8) is 0 Å². The first kappa shape index (κ1) is 18.8. The van der Waals surface area contributed by atoms with Crippen LogP contribution in [0.25, 0.3) is 0 Å². The molecule has 6 nitrogen and oxygen atoms in total. The monoisotopic (exact) mass is 382 g/mol. The zero-order valence-electron chi connectivity index (χ0n) is 15.1. The van der Waals surface area contributed by atoms with Crippen molar-refractivity contribution >= 4 is 23.5 Å². The van der Waals surface area contributed by atoms with Gasteiger partial charge in [-0.05, 0) is 55.0 Å². The molecule has 2 aromatic carbocycles. The predicted octanol–water partition coefficient (Wildman–Crippen LogP) is 4.25. The minimum absolute atomic E-state index is 0.198. The normalized spacial score (nSPS) is 10.4. The summed E-state index contributed by atoms with van der Waals surface area (Å²) in [5.74, 6) is 0.843. The number of carbonyl (C=O) groups excluding carboxylic acids is 1. The number of methoxy groups -OCH3 is 1. The summed E-state index contributed by atoms with van der Waals surface area (Å²) in [6, 6.07) is 15.5. The molecular weight excluding hydrogens is 360 g/mol. The van der Waals surface area contributed by atoms with E-state index in [0.717, 1.165) is 34.2 Å². The highest BCUT2D eigenvalue weighted by molar-refractivity contribution is 7.99. The van der Waals surface area contributed by atoms with Gasteiger partial charge in [-0.25, -0.2) is 9.78 Å². The predicted molar refractivity (Wildman–Crippen MR) is 107 cm³/mol. The van der Waals surface area contributed by atoms with Crippen LogP contribution in [0.1, 0.15) is 6.42 Å². The van der Waals surface area contributed by atoms with E-state index in [2.05, 4.69) is 15.6 Å². The van der Waals surface area contributed by atoms with E-state index < -0.39 is 0 Å². The number of anilines is 1. The number of hydrogen-bond acceptors (Lipinski definition) is 4. The average Bonchev–Trinajstić information content (AvgIpc) is 3.21. The number of amides is 2. The molecule has 0 unspecified atom stereocenters. The van der Waals surface area contributed by atoms with Crippen LogP contribution in [-0.4, -0.2) is 29.2 Å². The van der Waals surface area contributed by atoms with Crippen LogP contribution in [0, 0.1) is 0 Å². The second kappa shape index (κ2) is 9.68. The number of urea groups is 1. The second-order valence-corrected chi connectivity index (χ2v) is 6.98. The molecule has 7 heteroatoms. The van der Waals surface area contributed by atoms with Crippen LogP contribution in [0.15, 0.2) is 77.0 Å². The Hall–Kier alpha value is -2.93. The number of nitrogens with zero attached hydrogens (tertiary/aromatic N) is 2. The van der Waals surface area contributed by atoms with Gasteiger partial charge in [0.05, 0.1) is 13.4 Å². The summed E-state index contributed by atoms with van der Waals surface area (Å²) in [6.07, 6.45) is 6.27. The van der Waals surface area contributed by atoms with Crippen molar-refractivity contribution in [2.75, 3.05) is 19.0 Å².